The van der Waals surface area contributed by atoms with Crippen LogP contribution >= 0.6 is 11.3 Å². The third kappa shape index (κ3) is 3.81. The number of amides is 2. The van der Waals surface area contributed by atoms with Crippen LogP contribution < -0.4 is 5.32 Å². The predicted molar refractivity (Wildman–Crippen MR) is 96.4 cm³/mol. The number of hydrogen-bond acceptors (Lipinski definition) is 4. The number of thiophene rings is 1. The van der Waals surface area contributed by atoms with Crippen LogP contribution in [-0.4, -0.2) is 59.9 Å². The summed E-state index contributed by atoms with van der Waals surface area (Å²) in [4.78, 5) is 29.9. The highest BCUT2D eigenvalue weighted by atomic mass is 32.1. The molecule has 1 aromatic rings. The van der Waals surface area contributed by atoms with Crippen molar-refractivity contribution in [3.8, 4) is 0 Å². The van der Waals surface area contributed by atoms with Crippen LogP contribution in [0.25, 0.3) is 0 Å². The van der Waals surface area contributed by atoms with Crippen LogP contribution in [0.5, 0.6) is 0 Å². The van der Waals surface area contributed by atoms with Crippen molar-refractivity contribution in [1.82, 2.24) is 15.1 Å². The molecule has 132 valence electrons. The molecule has 0 bridgehead atoms. The standard InChI is InChI=1S/C18H27N3O2S/c1-13-7-12-24-16(13)18(23)21-10-8-20(9-11-21)14(2)17(22)19-15-5-3-4-6-15/h7,12,14-15H,3-6,8-11H2,1-2H3,(H,19,22)/t14-/m1/s1. The lowest BCUT2D eigenvalue weighted by Crippen LogP contribution is -2.55. The summed E-state index contributed by atoms with van der Waals surface area (Å²) < 4.78 is 0. The Kier molecular flexibility index (Phi) is 5.56. The van der Waals surface area contributed by atoms with E-state index in [0.717, 1.165) is 36.4 Å². The van der Waals surface area contributed by atoms with Gasteiger partial charge in [-0.05, 0) is 43.7 Å². The topological polar surface area (TPSA) is 52.7 Å². The molecule has 6 heteroatoms. The maximum atomic E-state index is 12.6. The highest BCUT2D eigenvalue weighted by molar-refractivity contribution is 7.12. The molecule has 2 fully saturated rings. The van der Waals surface area contributed by atoms with Crippen molar-refractivity contribution in [2.24, 2.45) is 0 Å². The molecule has 2 amide bonds. The molecule has 0 aromatic carbocycles. The molecule has 1 N–H and O–H groups in total. The van der Waals surface area contributed by atoms with Crippen LogP contribution in [0.2, 0.25) is 0 Å². The fraction of sp³-hybridized carbons (Fsp3) is 0.667. The molecule has 2 heterocycles. The summed E-state index contributed by atoms with van der Waals surface area (Å²) in [5.41, 5.74) is 1.05. The quantitative estimate of drug-likeness (QED) is 0.907. The normalized spacial score (nSPS) is 21.0. The lowest BCUT2D eigenvalue weighted by atomic mass is 10.1. The third-order valence-electron chi connectivity index (χ3n) is 5.29. The van der Waals surface area contributed by atoms with E-state index in [0.29, 0.717) is 19.1 Å². The van der Waals surface area contributed by atoms with Gasteiger partial charge >= 0.3 is 0 Å². The summed E-state index contributed by atoms with van der Waals surface area (Å²) in [5.74, 6) is 0.265. The molecule has 5 nitrogen and oxygen atoms in total. The molecule has 1 saturated heterocycles. The van der Waals surface area contributed by atoms with Crippen molar-refractivity contribution in [2.75, 3.05) is 26.2 Å². The lowest BCUT2D eigenvalue weighted by molar-refractivity contribution is -0.127. The Morgan fingerprint density at radius 3 is 2.46 bits per heavy atom. The Balaban J connectivity index is 1.50. The Hall–Kier alpha value is -1.40. The molecule has 1 aliphatic carbocycles. The first-order chi connectivity index (χ1) is 11.6. The van der Waals surface area contributed by atoms with E-state index in [1.165, 1.54) is 24.2 Å². The SMILES string of the molecule is Cc1ccsc1C(=O)N1CCN([C@H](C)C(=O)NC2CCCC2)CC1. The van der Waals surface area contributed by atoms with Gasteiger partial charge in [-0.25, -0.2) is 0 Å². The van der Waals surface area contributed by atoms with Crippen molar-refractivity contribution < 1.29 is 9.59 Å². The van der Waals surface area contributed by atoms with Crippen molar-refractivity contribution in [1.29, 1.82) is 0 Å². The molecule has 1 aromatic heterocycles. The number of rotatable bonds is 4. The van der Waals surface area contributed by atoms with Crippen molar-refractivity contribution in [3.05, 3.63) is 21.9 Å². The van der Waals surface area contributed by atoms with Crippen LogP contribution in [0.4, 0.5) is 0 Å². The fourth-order valence-electron chi connectivity index (χ4n) is 3.61. The van der Waals surface area contributed by atoms with Gasteiger partial charge in [-0.2, -0.15) is 0 Å². The van der Waals surface area contributed by atoms with Crippen LogP contribution in [0.3, 0.4) is 0 Å². The largest absolute Gasteiger partial charge is 0.352 e. The van der Waals surface area contributed by atoms with Crippen molar-refractivity contribution in [2.45, 2.75) is 51.6 Å². The monoisotopic (exact) mass is 349 g/mol. The number of piperazine rings is 1. The van der Waals surface area contributed by atoms with Gasteiger partial charge in [0.05, 0.1) is 10.9 Å². The van der Waals surface area contributed by atoms with Crippen LogP contribution in [0.15, 0.2) is 11.4 Å². The first-order valence-electron chi connectivity index (χ1n) is 8.94. The molecule has 0 radical (unpaired) electrons. The van der Waals surface area contributed by atoms with Gasteiger partial charge in [0, 0.05) is 32.2 Å². The molecular formula is C18H27N3O2S. The second-order valence-corrected chi connectivity index (χ2v) is 7.84. The molecule has 24 heavy (non-hydrogen) atoms. The number of nitrogens with zero attached hydrogens (tertiary/aromatic N) is 2. The fourth-order valence-corrected chi connectivity index (χ4v) is 4.50. The van der Waals surface area contributed by atoms with Crippen molar-refractivity contribution in [3.63, 3.8) is 0 Å². The Morgan fingerprint density at radius 1 is 1.21 bits per heavy atom. The maximum absolute atomic E-state index is 12.6. The summed E-state index contributed by atoms with van der Waals surface area (Å²) in [7, 11) is 0. The van der Waals surface area contributed by atoms with Gasteiger partial charge in [-0.3, -0.25) is 14.5 Å². The van der Waals surface area contributed by atoms with E-state index in [1.807, 2.05) is 30.2 Å². The smallest absolute Gasteiger partial charge is 0.264 e. The minimum Gasteiger partial charge on any atom is -0.352 e. The average molecular weight is 350 g/mol. The zero-order chi connectivity index (χ0) is 17.1. The number of carbonyl (C=O) groups excluding carboxylic acids is 2. The number of carbonyl (C=O) groups is 2. The summed E-state index contributed by atoms with van der Waals surface area (Å²) in [5, 5.41) is 5.15. The van der Waals surface area contributed by atoms with Gasteiger partial charge in [-0.15, -0.1) is 11.3 Å². The minimum absolute atomic E-state index is 0.119. The molecule has 1 aliphatic heterocycles. The van der Waals surface area contributed by atoms with Crippen LogP contribution in [-0.2, 0) is 4.79 Å². The second kappa shape index (κ2) is 7.66. The lowest BCUT2D eigenvalue weighted by Gasteiger charge is -2.37. The third-order valence-corrected chi connectivity index (χ3v) is 6.29. The molecule has 1 saturated carbocycles. The Bertz CT molecular complexity index is 587. The van der Waals surface area contributed by atoms with E-state index in [4.69, 9.17) is 0 Å². The highest BCUT2D eigenvalue weighted by Crippen LogP contribution is 2.20. The van der Waals surface area contributed by atoms with Gasteiger partial charge in [0.15, 0.2) is 0 Å². The van der Waals surface area contributed by atoms with Gasteiger partial charge in [0.25, 0.3) is 5.91 Å². The Labute approximate surface area is 148 Å². The number of aryl methyl sites for hydroxylation is 1. The van der Waals surface area contributed by atoms with E-state index in [1.54, 1.807) is 0 Å². The van der Waals surface area contributed by atoms with E-state index in [-0.39, 0.29) is 17.9 Å². The summed E-state index contributed by atoms with van der Waals surface area (Å²) in [6.45, 7) is 6.86. The first-order valence-corrected chi connectivity index (χ1v) is 9.82. The van der Waals surface area contributed by atoms with Gasteiger partial charge in [0.2, 0.25) is 5.91 Å². The minimum atomic E-state index is -0.119. The number of nitrogens with one attached hydrogen (secondary N) is 1. The molecule has 0 unspecified atom stereocenters. The predicted octanol–water partition coefficient (Wildman–Crippen LogP) is 2.26. The van der Waals surface area contributed by atoms with E-state index >= 15 is 0 Å². The summed E-state index contributed by atoms with van der Waals surface area (Å²) in [6, 6.07) is 2.24. The van der Waals surface area contributed by atoms with Gasteiger partial charge < -0.3 is 10.2 Å². The molecule has 2 aliphatic rings. The average Bonchev–Trinajstić information content (AvgIpc) is 3.25. The van der Waals surface area contributed by atoms with Gasteiger partial charge in [0.1, 0.15) is 0 Å². The molecular weight excluding hydrogens is 322 g/mol. The van der Waals surface area contributed by atoms with Crippen LogP contribution in [0, 0.1) is 6.92 Å². The van der Waals surface area contributed by atoms with Crippen molar-refractivity contribution >= 4 is 23.2 Å². The van der Waals surface area contributed by atoms with Crippen LogP contribution in [0.1, 0.15) is 47.8 Å². The molecule has 0 spiro atoms. The summed E-state index contributed by atoms with van der Waals surface area (Å²) in [6.07, 6.45) is 4.67. The molecule has 1 atom stereocenters. The van der Waals surface area contributed by atoms with Gasteiger partial charge in [-0.1, -0.05) is 12.8 Å². The maximum Gasteiger partial charge on any atom is 0.264 e. The molecule has 3 rings (SSSR count). The second-order valence-electron chi connectivity index (χ2n) is 6.93. The number of hydrogen-bond donors (Lipinski definition) is 1. The zero-order valence-corrected chi connectivity index (χ0v) is 15.4. The summed E-state index contributed by atoms with van der Waals surface area (Å²) >= 11 is 1.51. The highest BCUT2D eigenvalue weighted by Gasteiger charge is 2.29. The van der Waals surface area contributed by atoms with E-state index in [9.17, 15) is 9.59 Å². The zero-order valence-electron chi connectivity index (χ0n) is 14.6. The Morgan fingerprint density at radius 2 is 1.88 bits per heavy atom. The van der Waals surface area contributed by atoms with E-state index in [2.05, 4.69) is 10.2 Å². The first kappa shape index (κ1) is 17.4. The van der Waals surface area contributed by atoms with E-state index < -0.39 is 0 Å².